The van der Waals surface area contributed by atoms with Crippen molar-refractivity contribution in [1.29, 1.82) is 0 Å². The smallest absolute Gasteiger partial charge is 0.189 e. The number of oxime groups is 1. The Hall–Kier alpha value is -2.01. The van der Waals surface area contributed by atoms with Gasteiger partial charge in [-0.3, -0.25) is 4.98 Å². The number of nitrogens with zero attached hydrogens (tertiary/aromatic N) is 2. The number of hydrogen-bond donors (Lipinski definition) is 2. The Morgan fingerprint density at radius 1 is 1.30 bits per heavy atom. The molecule has 1 aromatic carbocycles. The Bertz CT molecular complexity index is 614. The molecule has 0 bridgehead atoms. The fourth-order valence-electron chi connectivity index (χ4n) is 1.91. The highest BCUT2D eigenvalue weighted by atomic mass is 32.2. The highest BCUT2D eigenvalue weighted by molar-refractivity contribution is 7.97. The first-order chi connectivity index (χ1) is 9.70. The molecule has 0 unspecified atom stereocenters. The van der Waals surface area contributed by atoms with E-state index in [0.29, 0.717) is 5.69 Å². The number of thioether (sulfide) groups is 1. The van der Waals surface area contributed by atoms with Gasteiger partial charge in [-0.2, -0.15) is 11.8 Å². The maximum atomic E-state index is 8.76. The fourth-order valence-corrected chi connectivity index (χ4v) is 2.88. The van der Waals surface area contributed by atoms with Gasteiger partial charge in [0.05, 0.1) is 0 Å². The largest absolute Gasteiger partial charge is 0.409 e. The predicted octanol–water partition coefficient (Wildman–Crippen LogP) is 2.92. The summed E-state index contributed by atoms with van der Waals surface area (Å²) in [6.07, 6.45) is 1.64. The van der Waals surface area contributed by atoms with E-state index in [0.717, 1.165) is 17.1 Å². The van der Waals surface area contributed by atoms with E-state index in [1.165, 1.54) is 11.1 Å². The second kappa shape index (κ2) is 6.96. The third kappa shape index (κ3) is 3.74. The number of pyridine rings is 1. The summed E-state index contributed by atoms with van der Waals surface area (Å²) in [6, 6.07) is 12.3. The molecule has 0 aliphatic rings. The van der Waals surface area contributed by atoms with E-state index in [1.807, 2.05) is 12.1 Å². The molecule has 0 saturated heterocycles. The summed E-state index contributed by atoms with van der Waals surface area (Å²) in [7, 11) is 0. The van der Waals surface area contributed by atoms with Crippen molar-refractivity contribution in [3.63, 3.8) is 0 Å². The van der Waals surface area contributed by atoms with Crippen molar-refractivity contribution in [3.05, 3.63) is 65.0 Å². The Morgan fingerprint density at radius 2 is 2.15 bits per heavy atom. The van der Waals surface area contributed by atoms with Gasteiger partial charge in [-0.15, -0.1) is 0 Å². The van der Waals surface area contributed by atoms with E-state index in [9.17, 15) is 0 Å². The van der Waals surface area contributed by atoms with Gasteiger partial charge in [0.2, 0.25) is 0 Å². The van der Waals surface area contributed by atoms with Crippen molar-refractivity contribution in [3.8, 4) is 0 Å². The number of aryl methyl sites for hydroxylation is 1. The van der Waals surface area contributed by atoms with Gasteiger partial charge >= 0.3 is 0 Å². The lowest BCUT2D eigenvalue weighted by molar-refractivity contribution is 0.318. The van der Waals surface area contributed by atoms with Gasteiger partial charge < -0.3 is 10.9 Å². The standard InChI is InChI=1S/C15H17N3OS/c1-11-4-2-5-12(8-11)9-20-10-13-6-3-7-17-14(13)15(16)18-19/h2-8,19H,9-10H2,1H3,(H2,16,18). The number of amidine groups is 1. The van der Waals surface area contributed by atoms with Gasteiger partial charge in [-0.1, -0.05) is 41.1 Å². The molecule has 104 valence electrons. The van der Waals surface area contributed by atoms with Crippen LogP contribution in [0.2, 0.25) is 0 Å². The maximum Gasteiger partial charge on any atom is 0.189 e. The summed E-state index contributed by atoms with van der Waals surface area (Å²) >= 11 is 1.78. The predicted molar refractivity (Wildman–Crippen MR) is 82.9 cm³/mol. The first kappa shape index (κ1) is 14.4. The molecule has 0 amide bonds. The minimum absolute atomic E-state index is 0.0526. The number of benzene rings is 1. The summed E-state index contributed by atoms with van der Waals surface area (Å²) in [5, 5.41) is 11.8. The zero-order valence-corrected chi connectivity index (χ0v) is 12.1. The van der Waals surface area contributed by atoms with Crippen LogP contribution in [0.1, 0.15) is 22.4 Å². The first-order valence-corrected chi connectivity index (χ1v) is 7.41. The summed E-state index contributed by atoms with van der Waals surface area (Å²) < 4.78 is 0. The molecular weight excluding hydrogens is 270 g/mol. The molecule has 2 rings (SSSR count). The van der Waals surface area contributed by atoms with Crippen LogP contribution in [0.15, 0.2) is 47.8 Å². The normalized spacial score (nSPS) is 11.6. The molecule has 0 aliphatic heterocycles. The van der Waals surface area contributed by atoms with Gasteiger partial charge in [-0.25, -0.2) is 0 Å². The lowest BCUT2D eigenvalue weighted by Crippen LogP contribution is -2.17. The molecule has 1 heterocycles. The van der Waals surface area contributed by atoms with Gasteiger partial charge in [0.1, 0.15) is 5.69 Å². The minimum atomic E-state index is 0.0526. The zero-order chi connectivity index (χ0) is 14.4. The molecule has 20 heavy (non-hydrogen) atoms. The van der Waals surface area contributed by atoms with Crippen LogP contribution in [0.4, 0.5) is 0 Å². The number of aromatic nitrogens is 1. The van der Waals surface area contributed by atoms with Gasteiger partial charge in [0.15, 0.2) is 5.84 Å². The second-order valence-electron chi connectivity index (χ2n) is 4.48. The van der Waals surface area contributed by atoms with Crippen LogP contribution in [0.3, 0.4) is 0 Å². The SMILES string of the molecule is Cc1cccc(CSCc2cccnc2C(N)=NO)c1. The van der Waals surface area contributed by atoms with Crippen LogP contribution < -0.4 is 5.73 Å². The van der Waals surface area contributed by atoms with E-state index >= 15 is 0 Å². The average Bonchev–Trinajstić information content (AvgIpc) is 2.47. The molecule has 1 aromatic heterocycles. The molecule has 0 fully saturated rings. The van der Waals surface area contributed by atoms with Crippen molar-refractivity contribution in [1.82, 2.24) is 4.98 Å². The van der Waals surface area contributed by atoms with Crippen LogP contribution in [0.5, 0.6) is 0 Å². The van der Waals surface area contributed by atoms with E-state index < -0.39 is 0 Å². The molecular formula is C15H17N3OS. The van der Waals surface area contributed by atoms with Crippen LogP contribution in [0, 0.1) is 6.92 Å². The second-order valence-corrected chi connectivity index (χ2v) is 5.46. The molecule has 4 nitrogen and oxygen atoms in total. The Kier molecular flexibility index (Phi) is 5.01. The highest BCUT2D eigenvalue weighted by Gasteiger charge is 2.08. The molecule has 2 aromatic rings. The number of hydrogen-bond acceptors (Lipinski definition) is 4. The van der Waals surface area contributed by atoms with Crippen LogP contribution in [0.25, 0.3) is 0 Å². The highest BCUT2D eigenvalue weighted by Crippen LogP contribution is 2.20. The third-order valence-corrected chi connectivity index (χ3v) is 3.90. The van der Waals surface area contributed by atoms with Crippen molar-refractivity contribution < 1.29 is 5.21 Å². The molecule has 0 saturated carbocycles. The Morgan fingerprint density at radius 3 is 2.90 bits per heavy atom. The topological polar surface area (TPSA) is 71.5 Å². The summed E-state index contributed by atoms with van der Waals surface area (Å²) in [6.45, 7) is 2.09. The van der Waals surface area contributed by atoms with Crippen LogP contribution in [-0.2, 0) is 11.5 Å². The van der Waals surface area contributed by atoms with E-state index in [-0.39, 0.29) is 5.84 Å². The van der Waals surface area contributed by atoms with Crippen molar-refractivity contribution >= 4 is 17.6 Å². The Labute approximate surface area is 122 Å². The van der Waals surface area contributed by atoms with E-state index in [2.05, 4.69) is 41.3 Å². The van der Waals surface area contributed by atoms with Crippen LogP contribution >= 0.6 is 11.8 Å². The minimum Gasteiger partial charge on any atom is -0.409 e. The van der Waals surface area contributed by atoms with E-state index in [4.69, 9.17) is 10.9 Å². The molecule has 3 N–H and O–H groups in total. The quantitative estimate of drug-likeness (QED) is 0.384. The van der Waals surface area contributed by atoms with Crippen molar-refractivity contribution in [2.24, 2.45) is 10.9 Å². The lowest BCUT2D eigenvalue weighted by Gasteiger charge is -2.07. The Balaban J connectivity index is 2.01. The summed E-state index contributed by atoms with van der Waals surface area (Å²) in [5.41, 5.74) is 9.71. The molecule has 0 radical (unpaired) electrons. The number of nitrogens with two attached hydrogens (primary N) is 1. The molecule has 0 spiro atoms. The molecule has 0 aliphatic carbocycles. The molecule has 0 atom stereocenters. The van der Waals surface area contributed by atoms with Gasteiger partial charge in [0, 0.05) is 17.7 Å². The van der Waals surface area contributed by atoms with Crippen molar-refractivity contribution in [2.45, 2.75) is 18.4 Å². The van der Waals surface area contributed by atoms with E-state index in [1.54, 1.807) is 18.0 Å². The van der Waals surface area contributed by atoms with Gasteiger partial charge in [0.25, 0.3) is 0 Å². The monoisotopic (exact) mass is 287 g/mol. The maximum absolute atomic E-state index is 8.76. The zero-order valence-electron chi connectivity index (χ0n) is 11.3. The average molecular weight is 287 g/mol. The summed E-state index contributed by atoms with van der Waals surface area (Å²) in [4.78, 5) is 4.16. The molecule has 5 heteroatoms. The lowest BCUT2D eigenvalue weighted by atomic mass is 10.2. The van der Waals surface area contributed by atoms with Crippen LogP contribution in [-0.4, -0.2) is 16.0 Å². The third-order valence-electron chi connectivity index (χ3n) is 2.85. The van der Waals surface area contributed by atoms with Gasteiger partial charge in [-0.05, 0) is 24.1 Å². The first-order valence-electron chi connectivity index (χ1n) is 6.26. The summed E-state index contributed by atoms with van der Waals surface area (Å²) in [5.74, 6) is 1.75. The fraction of sp³-hybridized carbons (Fsp3) is 0.200. The van der Waals surface area contributed by atoms with Crippen molar-refractivity contribution in [2.75, 3.05) is 0 Å². The number of rotatable bonds is 5.